The average Bonchev–Trinajstić information content (AvgIpc) is 3.61. The number of amidine groups is 1. The van der Waals surface area contributed by atoms with E-state index in [1.54, 1.807) is 48.7 Å². The molecule has 0 aliphatic carbocycles. The maximum atomic E-state index is 13.5. The summed E-state index contributed by atoms with van der Waals surface area (Å²) >= 11 is 4.59. The van der Waals surface area contributed by atoms with E-state index in [1.165, 1.54) is 35.4 Å². The summed E-state index contributed by atoms with van der Waals surface area (Å²) in [4.78, 5) is 27.8. The van der Waals surface area contributed by atoms with Crippen molar-refractivity contribution in [1.29, 1.82) is 0 Å². The highest BCUT2D eigenvalue weighted by Crippen LogP contribution is 2.35. The Morgan fingerprint density at radius 2 is 1.86 bits per heavy atom. The van der Waals surface area contributed by atoms with E-state index in [0.29, 0.717) is 32.8 Å². The number of furan rings is 1. The molecule has 4 aromatic rings. The fourth-order valence-electron chi connectivity index (χ4n) is 3.95. The molecule has 1 aliphatic rings. The summed E-state index contributed by atoms with van der Waals surface area (Å²) in [6.45, 7) is -0.169. The van der Waals surface area contributed by atoms with Crippen LogP contribution in [0.4, 0.5) is 5.69 Å². The lowest BCUT2D eigenvalue weighted by Gasteiger charge is -2.12. The van der Waals surface area contributed by atoms with Gasteiger partial charge in [0.05, 0.1) is 28.8 Å². The van der Waals surface area contributed by atoms with Crippen LogP contribution in [0, 0.1) is 0 Å². The van der Waals surface area contributed by atoms with Crippen molar-refractivity contribution in [3.05, 3.63) is 117 Å². The van der Waals surface area contributed by atoms with Gasteiger partial charge < -0.3 is 14.5 Å². The van der Waals surface area contributed by atoms with E-state index in [0.717, 1.165) is 21.8 Å². The Bertz CT molecular complexity index is 1870. The highest BCUT2D eigenvalue weighted by Gasteiger charge is 2.34. The second-order valence-corrected chi connectivity index (χ2v) is 12.7. The number of nitrogens with two attached hydrogens (primary N) is 1. The molecule has 5 rings (SSSR count). The molecular formula is C30H24BrN5O6S2. The van der Waals surface area contributed by atoms with Crippen molar-refractivity contribution >= 4 is 72.7 Å². The lowest BCUT2D eigenvalue weighted by Crippen LogP contribution is -2.28. The number of sulfonamides is 1. The number of nitrogens with zero attached hydrogens (tertiary/aromatic N) is 3. The lowest BCUT2D eigenvalue weighted by molar-refractivity contribution is -0.122. The first kappa shape index (κ1) is 30.9. The highest BCUT2D eigenvalue weighted by molar-refractivity contribution is 9.10. The number of carbonyl (C=O) groups excluding carboxylic acids is 2. The largest absolute Gasteiger partial charge is 0.483 e. The van der Waals surface area contributed by atoms with E-state index in [2.05, 4.69) is 31.4 Å². The summed E-state index contributed by atoms with van der Waals surface area (Å²) in [7, 11) is -3.84. The molecule has 11 nitrogen and oxygen atoms in total. The number of amides is 2. The van der Waals surface area contributed by atoms with E-state index < -0.39 is 15.9 Å². The van der Waals surface area contributed by atoms with Crippen LogP contribution in [0.25, 0.3) is 6.08 Å². The third-order valence-corrected chi connectivity index (χ3v) is 8.43. The summed E-state index contributed by atoms with van der Waals surface area (Å²) < 4.78 is 35.0. The number of carbonyl (C=O) groups is 2. The van der Waals surface area contributed by atoms with Gasteiger partial charge in [0.25, 0.3) is 11.8 Å². The molecule has 14 heteroatoms. The minimum atomic E-state index is -3.84. The Morgan fingerprint density at radius 1 is 1.07 bits per heavy atom. The number of thioether (sulfide) groups is 1. The van der Waals surface area contributed by atoms with Gasteiger partial charge >= 0.3 is 0 Å². The Hall–Kier alpha value is -4.50. The number of hydrogen-bond acceptors (Lipinski definition) is 9. The van der Waals surface area contributed by atoms with Gasteiger partial charge in [-0.05, 0) is 78.0 Å². The third kappa shape index (κ3) is 8.11. The summed E-state index contributed by atoms with van der Waals surface area (Å²) in [5, 5.41) is 16.6. The maximum absolute atomic E-state index is 13.5. The zero-order valence-electron chi connectivity index (χ0n) is 22.8. The van der Waals surface area contributed by atoms with Crippen LogP contribution in [0.5, 0.6) is 5.75 Å². The Kier molecular flexibility index (Phi) is 9.75. The predicted molar refractivity (Wildman–Crippen MR) is 172 cm³/mol. The third-order valence-electron chi connectivity index (χ3n) is 6.01. The number of benzene rings is 3. The van der Waals surface area contributed by atoms with Crippen molar-refractivity contribution in [2.75, 3.05) is 11.9 Å². The summed E-state index contributed by atoms with van der Waals surface area (Å²) in [6.07, 6.45) is 4.80. The van der Waals surface area contributed by atoms with Crippen LogP contribution < -0.4 is 15.2 Å². The van der Waals surface area contributed by atoms with Crippen LogP contribution in [-0.2, 0) is 26.2 Å². The van der Waals surface area contributed by atoms with Gasteiger partial charge in [0.1, 0.15) is 11.5 Å². The van der Waals surface area contributed by atoms with Gasteiger partial charge in [0, 0.05) is 15.7 Å². The van der Waals surface area contributed by atoms with Crippen molar-refractivity contribution in [3.63, 3.8) is 0 Å². The van der Waals surface area contributed by atoms with Crippen LogP contribution >= 0.6 is 27.7 Å². The van der Waals surface area contributed by atoms with Gasteiger partial charge in [-0.25, -0.2) is 13.6 Å². The minimum absolute atomic E-state index is 0.0692. The molecule has 2 heterocycles. The highest BCUT2D eigenvalue weighted by atomic mass is 79.9. The molecule has 1 fully saturated rings. The van der Waals surface area contributed by atoms with Gasteiger partial charge in [-0.1, -0.05) is 46.3 Å². The van der Waals surface area contributed by atoms with Gasteiger partial charge in [0.2, 0.25) is 10.0 Å². The van der Waals surface area contributed by atoms with Gasteiger partial charge in [0.15, 0.2) is 11.8 Å². The minimum Gasteiger partial charge on any atom is -0.483 e. The first-order valence-corrected chi connectivity index (χ1v) is 16.1. The number of rotatable bonds is 10. The van der Waals surface area contributed by atoms with Crippen LogP contribution in [0.3, 0.4) is 0 Å². The van der Waals surface area contributed by atoms with Crippen molar-refractivity contribution in [3.8, 4) is 5.75 Å². The molecule has 224 valence electrons. The smallest absolute Gasteiger partial charge is 0.267 e. The Morgan fingerprint density at radius 3 is 2.59 bits per heavy atom. The van der Waals surface area contributed by atoms with Crippen molar-refractivity contribution < 1.29 is 27.2 Å². The number of hydrogen-bond donors (Lipinski definition) is 2. The van der Waals surface area contributed by atoms with E-state index >= 15 is 0 Å². The van der Waals surface area contributed by atoms with E-state index in [-0.39, 0.29) is 24.0 Å². The summed E-state index contributed by atoms with van der Waals surface area (Å²) in [5.41, 5.74) is 1.79. The zero-order valence-corrected chi connectivity index (χ0v) is 26.0. The van der Waals surface area contributed by atoms with Crippen molar-refractivity contribution in [2.45, 2.75) is 11.4 Å². The van der Waals surface area contributed by atoms with Crippen molar-refractivity contribution in [2.24, 2.45) is 15.3 Å². The van der Waals surface area contributed by atoms with Gasteiger partial charge in [-0.2, -0.15) is 5.10 Å². The normalized spacial score (nSPS) is 15.4. The van der Waals surface area contributed by atoms with Gasteiger partial charge in [-0.15, -0.1) is 5.10 Å². The molecule has 0 atom stereocenters. The molecule has 0 spiro atoms. The number of nitrogens with one attached hydrogen (secondary N) is 1. The molecule has 2 amide bonds. The molecule has 0 saturated carbocycles. The van der Waals surface area contributed by atoms with Crippen molar-refractivity contribution in [1.82, 2.24) is 4.90 Å². The van der Waals surface area contributed by atoms with E-state index in [4.69, 9.17) is 14.3 Å². The number of anilines is 1. The SMILES string of the molecule is NS(=O)(=O)c1ccc(NC(=O)COc2ccccc2/C=C2\S/C(=N\N=C\c3cccc(Br)c3)N(Cc3ccco3)C2=O)cc1. The second-order valence-electron chi connectivity index (χ2n) is 9.21. The predicted octanol–water partition coefficient (Wildman–Crippen LogP) is 5.21. The van der Waals surface area contributed by atoms with Gasteiger partial charge in [-0.3, -0.25) is 14.5 Å². The molecule has 1 saturated heterocycles. The van der Waals surface area contributed by atoms with Crippen LogP contribution in [0.15, 0.2) is 120 Å². The number of primary sulfonamides is 1. The van der Waals surface area contributed by atoms with Crippen LogP contribution in [-0.4, -0.2) is 43.1 Å². The number of ether oxygens (including phenoxy) is 1. The molecule has 0 radical (unpaired) electrons. The maximum Gasteiger partial charge on any atom is 0.267 e. The second kappa shape index (κ2) is 13.9. The molecule has 3 N–H and O–H groups in total. The average molecular weight is 695 g/mol. The molecule has 0 unspecified atom stereocenters. The fraction of sp³-hybridized carbons (Fsp3) is 0.0667. The summed E-state index contributed by atoms with van der Waals surface area (Å²) in [5.74, 6) is 0.199. The number of para-hydroxylation sites is 1. The molecule has 1 aromatic heterocycles. The van der Waals surface area contributed by atoms with E-state index in [1.807, 2.05) is 24.3 Å². The monoisotopic (exact) mass is 693 g/mol. The first-order valence-electron chi connectivity index (χ1n) is 12.9. The fourth-order valence-corrected chi connectivity index (χ4v) is 5.81. The molecule has 0 bridgehead atoms. The molecular weight excluding hydrogens is 670 g/mol. The lowest BCUT2D eigenvalue weighted by atomic mass is 10.2. The standard InChI is InChI=1S/C30H24BrN5O6S2/c31-22-7-3-5-20(15-22)17-33-35-30-36(18-24-8-4-14-41-24)29(38)27(43-30)16-21-6-1-2-9-26(21)42-19-28(37)34-23-10-12-25(13-11-23)44(32,39)40/h1-17H,18-19H2,(H,34,37)(H2,32,39,40)/b27-16-,33-17+,35-30-. The Labute approximate surface area is 265 Å². The zero-order chi connectivity index (χ0) is 31.1. The Balaban J connectivity index is 1.31. The number of halogens is 1. The molecule has 44 heavy (non-hydrogen) atoms. The van der Waals surface area contributed by atoms with Crippen LogP contribution in [0.1, 0.15) is 16.9 Å². The topological polar surface area (TPSA) is 157 Å². The molecule has 1 aliphatic heterocycles. The summed E-state index contributed by atoms with van der Waals surface area (Å²) in [6, 6.07) is 23.5. The quantitative estimate of drug-likeness (QED) is 0.131. The van der Waals surface area contributed by atoms with Crippen LogP contribution in [0.2, 0.25) is 0 Å². The first-order chi connectivity index (χ1) is 21.2. The molecule has 3 aromatic carbocycles. The van der Waals surface area contributed by atoms with E-state index in [9.17, 15) is 18.0 Å².